The number of hydrogen-bond acceptors (Lipinski definition) is 6. The molecule has 1 aliphatic rings. The molecule has 1 aromatic heterocycles. The number of nitrogens with one attached hydrogen (secondary N) is 1. The number of methoxy groups -OCH3 is 1. The van der Waals surface area contributed by atoms with Crippen LogP contribution in [0.4, 0.5) is 11.4 Å². The first-order valence-electron chi connectivity index (χ1n) is 8.92. The second kappa shape index (κ2) is 7.28. The van der Waals surface area contributed by atoms with E-state index < -0.39 is 23.7 Å². The molecule has 0 aliphatic carbocycles. The van der Waals surface area contributed by atoms with Crippen LogP contribution in [0, 0.1) is 0 Å². The molecule has 9 nitrogen and oxygen atoms in total. The minimum absolute atomic E-state index is 0.0372. The van der Waals surface area contributed by atoms with Crippen LogP contribution in [0.15, 0.2) is 54.7 Å². The van der Waals surface area contributed by atoms with Crippen molar-refractivity contribution >= 4 is 35.1 Å². The largest absolute Gasteiger partial charge is 0.464 e. The van der Waals surface area contributed by atoms with Gasteiger partial charge in [-0.25, -0.2) is 9.69 Å². The number of benzene rings is 2. The maximum atomic E-state index is 12.7. The van der Waals surface area contributed by atoms with E-state index in [1.165, 1.54) is 30.1 Å². The molecule has 0 spiro atoms. The fourth-order valence-electron chi connectivity index (χ4n) is 3.23. The molecule has 0 fully saturated rings. The third-order valence-electron chi connectivity index (χ3n) is 4.62. The lowest BCUT2D eigenvalue weighted by Crippen LogP contribution is -2.29. The highest BCUT2D eigenvalue weighted by Crippen LogP contribution is 2.29. The minimum Gasteiger partial charge on any atom is -0.464 e. The Morgan fingerprint density at radius 1 is 1.00 bits per heavy atom. The summed E-state index contributed by atoms with van der Waals surface area (Å²) in [5.74, 6) is -2.13. The maximum absolute atomic E-state index is 12.7. The van der Waals surface area contributed by atoms with E-state index in [0.29, 0.717) is 11.1 Å². The summed E-state index contributed by atoms with van der Waals surface area (Å²) in [4.78, 5) is 51.0. The zero-order valence-corrected chi connectivity index (χ0v) is 16.1. The van der Waals surface area contributed by atoms with Crippen LogP contribution >= 0.6 is 0 Å². The summed E-state index contributed by atoms with van der Waals surface area (Å²) in [6, 6.07) is 12.6. The number of ether oxygens (including phenoxy) is 1. The molecule has 0 saturated heterocycles. The number of fused-ring (bicyclic) bond motifs is 1. The highest BCUT2D eigenvalue weighted by atomic mass is 16.5. The van der Waals surface area contributed by atoms with Crippen LogP contribution in [0.1, 0.15) is 41.6 Å². The summed E-state index contributed by atoms with van der Waals surface area (Å²) < 4.78 is 6.04. The van der Waals surface area contributed by atoms with Crippen LogP contribution < -0.4 is 10.2 Å². The van der Waals surface area contributed by atoms with Gasteiger partial charge >= 0.3 is 5.97 Å². The third-order valence-corrected chi connectivity index (χ3v) is 4.62. The van der Waals surface area contributed by atoms with Crippen LogP contribution in [0.2, 0.25) is 0 Å². The van der Waals surface area contributed by atoms with Crippen LogP contribution in [0.5, 0.6) is 0 Å². The molecule has 3 aromatic rings. The van der Waals surface area contributed by atoms with Gasteiger partial charge in [0.05, 0.1) is 29.6 Å². The Labute approximate surface area is 170 Å². The molecule has 1 aliphatic heterocycles. The van der Waals surface area contributed by atoms with E-state index in [2.05, 4.69) is 15.2 Å². The fourth-order valence-corrected chi connectivity index (χ4v) is 3.23. The second-order valence-corrected chi connectivity index (χ2v) is 6.55. The molecule has 2 aromatic carbocycles. The number of aryl methyl sites for hydroxylation is 1. The maximum Gasteiger partial charge on any atom is 0.360 e. The van der Waals surface area contributed by atoms with Crippen molar-refractivity contribution in [3.05, 3.63) is 77.1 Å². The molecule has 150 valence electrons. The van der Waals surface area contributed by atoms with E-state index in [4.69, 9.17) is 0 Å². The highest BCUT2D eigenvalue weighted by Gasteiger charge is 2.36. The standard InChI is InChI=1S/C21H16N4O5/c1-24-11-16(17(23-24)21(29)30-2)22-18(26)12-6-5-7-13(10-12)25-19(27)14-8-3-4-9-15(14)20(25)28/h3-11H,1-2H3,(H,22,26). The Kier molecular flexibility index (Phi) is 4.63. The summed E-state index contributed by atoms with van der Waals surface area (Å²) in [7, 11) is 2.82. The van der Waals surface area contributed by atoms with Crippen LogP contribution in [-0.4, -0.2) is 40.6 Å². The zero-order chi connectivity index (χ0) is 21.4. The smallest absolute Gasteiger partial charge is 0.360 e. The van der Waals surface area contributed by atoms with Crippen LogP contribution in [0.25, 0.3) is 0 Å². The van der Waals surface area contributed by atoms with Crippen molar-refractivity contribution in [2.24, 2.45) is 7.05 Å². The Morgan fingerprint density at radius 2 is 1.67 bits per heavy atom. The van der Waals surface area contributed by atoms with Crippen molar-refractivity contribution < 1.29 is 23.9 Å². The Hall–Kier alpha value is -4.27. The first kappa shape index (κ1) is 19.1. The second-order valence-electron chi connectivity index (χ2n) is 6.55. The highest BCUT2D eigenvalue weighted by molar-refractivity contribution is 6.34. The lowest BCUT2D eigenvalue weighted by Gasteiger charge is -2.15. The SMILES string of the molecule is COC(=O)c1nn(C)cc1NC(=O)c1cccc(N2C(=O)c3ccccc3C2=O)c1. The van der Waals surface area contributed by atoms with Gasteiger partial charge in [0, 0.05) is 18.8 Å². The molecule has 4 rings (SSSR count). The van der Waals surface area contributed by atoms with E-state index in [1.807, 2.05) is 0 Å². The number of aromatic nitrogens is 2. The first-order chi connectivity index (χ1) is 14.4. The lowest BCUT2D eigenvalue weighted by atomic mass is 10.1. The number of carbonyl (C=O) groups excluding carboxylic acids is 4. The number of rotatable bonds is 4. The monoisotopic (exact) mass is 404 g/mol. The molecule has 0 atom stereocenters. The summed E-state index contributed by atoms with van der Waals surface area (Å²) in [5, 5.41) is 6.59. The molecule has 0 unspecified atom stereocenters. The van der Waals surface area contributed by atoms with Crippen molar-refractivity contribution in [3.63, 3.8) is 0 Å². The normalized spacial score (nSPS) is 12.7. The molecular weight excluding hydrogens is 388 g/mol. The van der Waals surface area contributed by atoms with E-state index in [1.54, 1.807) is 43.4 Å². The Morgan fingerprint density at radius 3 is 2.30 bits per heavy atom. The average Bonchev–Trinajstić information content (AvgIpc) is 3.24. The Balaban J connectivity index is 1.62. The van der Waals surface area contributed by atoms with Gasteiger partial charge in [-0.15, -0.1) is 0 Å². The van der Waals surface area contributed by atoms with Crippen molar-refractivity contribution in [1.29, 1.82) is 0 Å². The zero-order valence-electron chi connectivity index (χ0n) is 16.1. The molecule has 1 N–H and O–H groups in total. The van der Waals surface area contributed by atoms with E-state index in [-0.39, 0.29) is 22.6 Å². The van der Waals surface area contributed by atoms with Gasteiger partial charge in [-0.1, -0.05) is 18.2 Å². The molecule has 9 heteroatoms. The van der Waals surface area contributed by atoms with Gasteiger partial charge in [0.15, 0.2) is 5.69 Å². The van der Waals surface area contributed by atoms with Gasteiger partial charge in [0.2, 0.25) is 0 Å². The summed E-state index contributed by atoms with van der Waals surface area (Å²) in [6.07, 6.45) is 1.47. The average molecular weight is 404 g/mol. The molecule has 0 radical (unpaired) electrons. The topological polar surface area (TPSA) is 111 Å². The molecule has 0 bridgehead atoms. The van der Waals surface area contributed by atoms with Gasteiger partial charge in [0.1, 0.15) is 0 Å². The molecule has 0 saturated carbocycles. The number of nitrogens with zero attached hydrogens (tertiary/aromatic N) is 3. The number of hydrogen-bond donors (Lipinski definition) is 1. The molecule has 3 amide bonds. The predicted molar refractivity (Wildman–Crippen MR) is 107 cm³/mol. The Bertz CT molecular complexity index is 1180. The van der Waals surface area contributed by atoms with Crippen molar-refractivity contribution in [3.8, 4) is 0 Å². The quantitative estimate of drug-likeness (QED) is 0.528. The molecule has 30 heavy (non-hydrogen) atoms. The van der Waals surface area contributed by atoms with Crippen molar-refractivity contribution in [1.82, 2.24) is 9.78 Å². The van der Waals surface area contributed by atoms with Gasteiger partial charge in [0.25, 0.3) is 17.7 Å². The molecule has 2 heterocycles. The lowest BCUT2D eigenvalue weighted by molar-refractivity contribution is 0.0594. The summed E-state index contributed by atoms with van der Waals surface area (Å²) in [6.45, 7) is 0. The van der Waals surface area contributed by atoms with Crippen LogP contribution in [0.3, 0.4) is 0 Å². The predicted octanol–water partition coefficient (Wildman–Crippen LogP) is 2.26. The number of carbonyl (C=O) groups is 4. The summed E-state index contributed by atoms with van der Waals surface area (Å²) >= 11 is 0. The van der Waals surface area contributed by atoms with Gasteiger partial charge < -0.3 is 10.1 Å². The minimum atomic E-state index is -0.689. The number of amides is 3. The number of esters is 1. The van der Waals surface area contributed by atoms with Crippen molar-refractivity contribution in [2.45, 2.75) is 0 Å². The van der Waals surface area contributed by atoms with Crippen LogP contribution in [-0.2, 0) is 11.8 Å². The third kappa shape index (κ3) is 3.12. The summed E-state index contributed by atoms with van der Waals surface area (Å²) in [5.41, 5.74) is 1.24. The van der Waals surface area contributed by atoms with Gasteiger partial charge in [-0.3, -0.25) is 19.1 Å². The number of imide groups is 1. The number of anilines is 2. The van der Waals surface area contributed by atoms with E-state index in [9.17, 15) is 19.2 Å². The first-order valence-corrected chi connectivity index (χ1v) is 8.92. The van der Waals surface area contributed by atoms with E-state index >= 15 is 0 Å². The fraction of sp³-hybridized carbons (Fsp3) is 0.0952. The van der Waals surface area contributed by atoms with E-state index in [0.717, 1.165) is 4.90 Å². The molecular formula is C21H16N4O5. The van der Waals surface area contributed by atoms with Gasteiger partial charge in [-0.2, -0.15) is 5.10 Å². The van der Waals surface area contributed by atoms with Crippen molar-refractivity contribution in [2.75, 3.05) is 17.3 Å². The van der Waals surface area contributed by atoms with Gasteiger partial charge in [-0.05, 0) is 30.3 Å².